The van der Waals surface area contributed by atoms with Crippen LogP contribution in [-0.2, 0) is 6.42 Å². The third kappa shape index (κ3) is 3.75. The third-order valence-electron chi connectivity index (χ3n) is 5.34. The van der Waals surface area contributed by atoms with E-state index in [1.54, 1.807) is 0 Å². The maximum absolute atomic E-state index is 12.7. The molecule has 0 radical (unpaired) electrons. The van der Waals surface area contributed by atoms with E-state index in [1.807, 2.05) is 43.0 Å². The fourth-order valence-corrected chi connectivity index (χ4v) is 3.79. The summed E-state index contributed by atoms with van der Waals surface area (Å²) in [5, 5.41) is 9.80. The molecule has 0 aliphatic carbocycles. The van der Waals surface area contributed by atoms with E-state index in [0.717, 1.165) is 38.0 Å². The Balaban J connectivity index is 1.60. The van der Waals surface area contributed by atoms with Crippen LogP contribution in [0.4, 0.5) is 0 Å². The minimum Gasteiger partial charge on any atom is -0.390 e. The highest BCUT2D eigenvalue weighted by Gasteiger charge is 2.41. The molecular formula is C19H28N2O2. The molecule has 2 heterocycles. The van der Waals surface area contributed by atoms with Crippen LogP contribution in [0.2, 0.25) is 0 Å². The molecule has 0 bridgehead atoms. The smallest absolute Gasteiger partial charge is 0.253 e. The standard InChI is InChI=1S/C19H28N2O2/c1-19(2,23)10-8-14-4-6-15(7-5-14)18(22)21-12-16-9-11-20(3)17(16)13-21/h4-7,16-17,23H,8-13H2,1-3H3/t16-,17+/m0/s1. The highest BCUT2D eigenvalue weighted by Crippen LogP contribution is 2.31. The number of aliphatic hydroxyl groups is 1. The van der Waals surface area contributed by atoms with Gasteiger partial charge in [0.1, 0.15) is 0 Å². The summed E-state index contributed by atoms with van der Waals surface area (Å²) in [6.45, 7) is 6.57. The normalized spacial score (nSPS) is 25.0. The van der Waals surface area contributed by atoms with Crippen molar-refractivity contribution in [1.29, 1.82) is 0 Å². The predicted octanol–water partition coefficient (Wildman–Crippen LogP) is 2.17. The minimum atomic E-state index is -0.645. The van der Waals surface area contributed by atoms with E-state index in [0.29, 0.717) is 12.0 Å². The molecule has 2 saturated heterocycles. The zero-order chi connectivity index (χ0) is 16.6. The molecule has 0 aromatic heterocycles. The second-order valence-corrected chi connectivity index (χ2v) is 7.82. The van der Waals surface area contributed by atoms with Crippen LogP contribution in [-0.4, -0.2) is 59.1 Å². The van der Waals surface area contributed by atoms with Gasteiger partial charge in [-0.2, -0.15) is 0 Å². The monoisotopic (exact) mass is 316 g/mol. The number of likely N-dealkylation sites (tertiary alicyclic amines) is 2. The third-order valence-corrected chi connectivity index (χ3v) is 5.34. The first kappa shape index (κ1) is 16.5. The molecule has 1 aromatic carbocycles. The topological polar surface area (TPSA) is 43.8 Å². The van der Waals surface area contributed by atoms with Crippen LogP contribution in [0.1, 0.15) is 42.6 Å². The average Bonchev–Trinajstić information content (AvgIpc) is 3.07. The molecule has 0 saturated carbocycles. The van der Waals surface area contributed by atoms with Crippen molar-refractivity contribution in [3.63, 3.8) is 0 Å². The molecular weight excluding hydrogens is 288 g/mol. The summed E-state index contributed by atoms with van der Waals surface area (Å²) in [5.74, 6) is 0.803. The number of likely N-dealkylation sites (N-methyl/N-ethyl adjacent to an activating group) is 1. The summed E-state index contributed by atoms with van der Waals surface area (Å²) in [4.78, 5) is 17.1. The summed E-state index contributed by atoms with van der Waals surface area (Å²) < 4.78 is 0. The van der Waals surface area contributed by atoms with Crippen molar-refractivity contribution in [2.75, 3.05) is 26.7 Å². The molecule has 0 unspecified atom stereocenters. The number of amides is 1. The molecule has 1 aromatic rings. The van der Waals surface area contributed by atoms with Gasteiger partial charge in [0, 0.05) is 24.7 Å². The molecule has 0 spiro atoms. The fourth-order valence-electron chi connectivity index (χ4n) is 3.79. The van der Waals surface area contributed by atoms with Crippen LogP contribution in [0, 0.1) is 5.92 Å². The van der Waals surface area contributed by atoms with Gasteiger partial charge in [0.25, 0.3) is 5.91 Å². The Morgan fingerprint density at radius 2 is 1.96 bits per heavy atom. The number of rotatable bonds is 4. The molecule has 2 aliphatic heterocycles. The average molecular weight is 316 g/mol. The number of carbonyl (C=O) groups is 1. The summed E-state index contributed by atoms with van der Waals surface area (Å²) >= 11 is 0. The van der Waals surface area contributed by atoms with Crippen LogP contribution in [0.3, 0.4) is 0 Å². The van der Waals surface area contributed by atoms with Gasteiger partial charge in [0.2, 0.25) is 0 Å². The Kier molecular flexibility index (Phi) is 4.47. The molecule has 4 nitrogen and oxygen atoms in total. The van der Waals surface area contributed by atoms with Gasteiger partial charge < -0.3 is 14.9 Å². The van der Waals surface area contributed by atoms with Crippen molar-refractivity contribution in [1.82, 2.24) is 9.80 Å². The zero-order valence-corrected chi connectivity index (χ0v) is 14.5. The zero-order valence-electron chi connectivity index (χ0n) is 14.5. The molecule has 2 atom stereocenters. The van der Waals surface area contributed by atoms with Crippen molar-refractivity contribution in [3.8, 4) is 0 Å². The van der Waals surface area contributed by atoms with E-state index in [2.05, 4.69) is 11.9 Å². The quantitative estimate of drug-likeness (QED) is 0.926. The molecule has 3 rings (SSSR count). The lowest BCUT2D eigenvalue weighted by Crippen LogP contribution is -2.35. The van der Waals surface area contributed by atoms with E-state index < -0.39 is 5.60 Å². The van der Waals surface area contributed by atoms with Gasteiger partial charge in [-0.05, 0) is 70.3 Å². The Bertz CT molecular complexity index is 562. The van der Waals surface area contributed by atoms with Crippen molar-refractivity contribution in [2.24, 2.45) is 5.92 Å². The number of nitrogens with zero attached hydrogens (tertiary/aromatic N) is 2. The summed E-state index contributed by atoms with van der Waals surface area (Å²) in [6, 6.07) is 8.44. The molecule has 23 heavy (non-hydrogen) atoms. The molecule has 126 valence electrons. The van der Waals surface area contributed by atoms with Gasteiger partial charge >= 0.3 is 0 Å². The van der Waals surface area contributed by atoms with Crippen molar-refractivity contribution in [2.45, 2.75) is 44.8 Å². The Morgan fingerprint density at radius 1 is 1.26 bits per heavy atom. The van der Waals surface area contributed by atoms with Gasteiger partial charge in [-0.3, -0.25) is 4.79 Å². The van der Waals surface area contributed by atoms with Gasteiger partial charge in [-0.15, -0.1) is 0 Å². The lowest BCUT2D eigenvalue weighted by atomic mass is 9.98. The number of hydrogen-bond donors (Lipinski definition) is 1. The Morgan fingerprint density at radius 3 is 2.57 bits per heavy atom. The van der Waals surface area contributed by atoms with Crippen molar-refractivity contribution >= 4 is 5.91 Å². The second kappa shape index (κ2) is 6.25. The maximum Gasteiger partial charge on any atom is 0.253 e. The molecule has 1 amide bonds. The Hall–Kier alpha value is -1.39. The van der Waals surface area contributed by atoms with Gasteiger partial charge in [-0.1, -0.05) is 12.1 Å². The van der Waals surface area contributed by atoms with Crippen LogP contribution in [0.5, 0.6) is 0 Å². The van der Waals surface area contributed by atoms with Crippen LogP contribution < -0.4 is 0 Å². The lowest BCUT2D eigenvalue weighted by Gasteiger charge is -2.21. The van der Waals surface area contributed by atoms with E-state index in [-0.39, 0.29) is 5.91 Å². The summed E-state index contributed by atoms with van der Waals surface area (Å²) in [5.41, 5.74) is 1.30. The first-order valence-electron chi connectivity index (χ1n) is 8.64. The van der Waals surface area contributed by atoms with Crippen LogP contribution in [0.25, 0.3) is 0 Å². The van der Waals surface area contributed by atoms with Crippen LogP contribution >= 0.6 is 0 Å². The fraction of sp³-hybridized carbons (Fsp3) is 0.632. The van der Waals surface area contributed by atoms with E-state index in [1.165, 1.54) is 12.0 Å². The predicted molar refractivity (Wildman–Crippen MR) is 91.5 cm³/mol. The molecule has 2 aliphatic rings. The highest BCUT2D eigenvalue weighted by molar-refractivity contribution is 5.94. The first-order valence-corrected chi connectivity index (χ1v) is 8.64. The number of carbonyl (C=O) groups excluding carboxylic acids is 1. The number of benzene rings is 1. The van der Waals surface area contributed by atoms with E-state index in [4.69, 9.17) is 0 Å². The lowest BCUT2D eigenvalue weighted by molar-refractivity contribution is 0.0712. The first-order chi connectivity index (χ1) is 10.8. The second-order valence-electron chi connectivity index (χ2n) is 7.82. The number of aryl methyl sites for hydroxylation is 1. The molecule has 2 fully saturated rings. The summed E-state index contributed by atoms with van der Waals surface area (Å²) in [7, 11) is 2.16. The highest BCUT2D eigenvalue weighted by atomic mass is 16.3. The van der Waals surface area contributed by atoms with Gasteiger partial charge in [0.05, 0.1) is 5.60 Å². The summed E-state index contributed by atoms with van der Waals surface area (Å²) in [6.07, 6.45) is 2.76. The van der Waals surface area contributed by atoms with Crippen molar-refractivity contribution in [3.05, 3.63) is 35.4 Å². The SMILES string of the molecule is CN1CC[C@H]2CN(C(=O)c3ccc(CCC(C)(C)O)cc3)C[C@H]21. The molecule has 4 heteroatoms. The van der Waals surface area contributed by atoms with Gasteiger partial charge in [0.15, 0.2) is 0 Å². The number of hydrogen-bond acceptors (Lipinski definition) is 3. The van der Waals surface area contributed by atoms with Gasteiger partial charge in [-0.25, -0.2) is 0 Å². The Labute approximate surface area is 139 Å². The minimum absolute atomic E-state index is 0.154. The largest absolute Gasteiger partial charge is 0.390 e. The van der Waals surface area contributed by atoms with Crippen LogP contribution in [0.15, 0.2) is 24.3 Å². The molecule has 1 N–H and O–H groups in total. The maximum atomic E-state index is 12.7. The van der Waals surface area contributed by atoms with E-state index >= 15 is 0 Å². The van der Waals surface area contributed by atoms with E-state index in [9.17, 15) is 9.90 Å². The number of fused-ring (bicyclic) bond motifs is 1. The van der Waals surface area contributed by atoms with Crippen molar-refractivity contribution < 1.29 is 9.90 Å².